The number of carbonyl (C=O) groups excluding carboxylic acids is 3. The topological polar surface area (TPSA) is 161 Å². The second-order valence-corrected chi connectivity index (χ2v) is 9.68. The fraction of sp³-hybridized carbons (Fsp3) is 0.308. The van der Waals surface area contributed by atoms with E-state index in [0.29, 0.717) is 17.9 Å². The number of primary amides is 1. The lowest BCUT2D eigenvalue weighted by Crippen LogP contribution is -2.46. The molecule has 3 aromatic rings. The molecule has 37 heavy (non-hydrogen) atoms. The highest BCUT2D eigenvalue weighted by atomic mass is 32.1. The van der Waals surface area contributed by atoms with Crippen molar-refractivity contribution in [2.45, 2.75) is 38.8 Å². The zero-order chi connectivity index (χ0) is 26.7. The standard InChI is InChI=1S/C26H29N5O5S/c1-14-5-3-7-19(15(14)2)31(26(35)23-20(27)21(24(28)33)30-37-23)22(16-8-10-17(32)11-9-16)25(34)29-13-18-6-4-12-36-18/h3,5,7-11,18,22,32H,4,6,12-13,27H2,1-2H3,(H2,28,33)(H,29,34)/t18-,22+/m0/s1. The average molecular weight is 524 g/mol. The fourth-order valence-electron chi connectivity index (χ4n) is 4.29. The van der Waals surface area contributed by atoms with Crippen molar-refractivity contribution < 1.29 is 24.2 Å². The number of ether oxygens (including phenoxy) is 1. The summed E-state index contributed by atoms with van der Waals surface area (Å²) >= 11 is 0.747. The fourth-order valence-corrected chi connectivity index (χ4v) is 5.03. The van der Waals surface area contributed by atoms with E-state index in [0.717, 1.165) is 35.5 Å². The van der Waals surface area contributed by atoms with E-state index in [1.165, 1.54) is 17.0 Å². The van der Waals surface area contributed by atoms with Crippen LogP contribution in [-0.4, -0.2) is 46.5 Å². The lowest BCUT2D eigenvalue weighted by molar-refractivity contribution is -0.123. The van der Waals surface area contributed by atoms with Crippen molar-refractivity contribution in [3.63, 3.8) is 0 Å². The van der Waals surface area contributed by atoms with Crippen LogP contribution in [0.2, 0.25) is 0 Å². The van der Waals surface area contributed by atoms with E-state index in [4.69, 9.17) is 16.2 Å². The molecule has 1 saturated heterocycles. The van der Waals surface area contributed by atoms with Gasteiger partial charge in [-0.2, -0.15) is 4.37 Å². The van der Waals surface area contributed by atoms with Gasteiger partial charge in [-0.05, 0) is 73.1 Å². The Hall–Kier alpha value is -3.96. The van der Waals surface area contributed by atoms with Gasteiger partial charge in [0.25, 0.3) is 11.8 Å². The first-order valence-corrected chi connectivity index (χ1v) is 12.6. The summed E-state index contributed by atoms with van der Waals surface area (Å²) in [6, 6.07) is 10.4. The van der Waals surface area contributed by atoms with Crippen molar-refractivity contribution in [3.8, 4) is 5.75 Å². The SMILES string of the molecule is Cc1cccc(N(C(=O)c2snc(C(N)=O)c2N)[C@@H](C(=O)NC[C@@H]2CCCO2)c2ccc(O)cc2)c1C. The molecule has 1 aliphatic rings. The van der Waals surface area contributed by atoms with E-state index in [9.17, 15) is 19.5 Å². The molecule has 6 N–H and O–H groups in total. The van der Waals surface area contributed by atoms with Crippen LogP contribution in [0.1, 0.15) is 55.7 Å². The number of hydrogen-bond donors (Lipinski definition) is 4. The van der Waals surface area contributed by atoms with E-state index in [-0.39, 0.29) is 34.7 Å². The van der Waals surface area contributed by atoms with Crippen molar-refractivity contribution in [1.29, 1.82) is 0 Å². The maximum absolute atomic E-state index is 14.1. The van der Waals surface area contributed by atoms with Gasteiger partial charge in [-0.25, -0.2) is 0 Å². The molecular weight excluding hydrogens is 494 g/mol. The van der Waals surface area contributed by atoms with Crippen LogP contribution >= 0.6 is 11.5 Å². The van der Waals surface area contributed by atoms with Crippen LogP contribution in [0.3, 0.4) is 0 Å². The molecule has 10 nitrogen and oxygen atoms in total. The van der Waals surface area contributed by atoms with E-state index in [2.05, 4.69) is 9.69 Å². The van der Waals surface area contributed by atoms with Gasteiger partial charge in [-0.15, -0.1) is 0 Å². The Bertz CT molecular complexity index is 1320. The first-order chi connectivity index (χ1) is 17.7. The number of aryl methyl sites for hydroxylation is 1. The van der Waals surface area contributed by atoms with Crippen LogP contribution in [-0.2, 0) is 9.53 Å². The van der Waals surface area contributed by atoms with Crippen LogP contribution in [0.4, 0.5) is 11.4 Å². The Kier molecular flexibility index (Phi) is 7.74. The Morgan fingerprint density at radius 3 is 2.57 bits per heavy atom. The maximum Gasteiger partial charge on any atom is 0.273 e. The molecule has 2 aromatic carbocycles. The van der Waals surface area contributed by atoms with Crippen molar-refractivity contribution >= 4 is 40.6 Å². The quantitative estimate of drug-likeness (QED) is 0.353. The molecule has 4 rings (SSSR count). The smallest absolute Gasteiger partial charge is 0.273 e. The molecule has 2 heterocycles. The minimum absolute atomic E-state index is 0.00888. The number of aromatic nitrogens is 1. The molecule has 0 radical (unpaired) electrons. The third-order valence-corrected chi connectivity index (χ3v) is 7.30. The number of nitrogens with one attached hydrogen (secondary N) is 1. The van der Waals surface area contributed by atoms with Crippen LogP contribution in [0.25, 0.3) is 0 Å². The van der Waals surface area contributed by atoms with Crippen LogP contribution in [0, 0.1) is 13.8 Å². The van der Waals surface area contributed by atoms with Crippen LogP contribution < -0.4 is 21.7 Å². The summed E-state index contributed by atoms with van der Waals surface area (Å²) in [5, 5.41) is 12.8. The first kappa shape index (κ1) is 26.1. The zero-order valence-electron chi connectivity index (χ0n) is 20.6. The van der Waals surface area contributed by atoms with E-state index >= 15 is 0 Å². The van der Waals surface area contributed by atoms with Crippen molar-refractivity contribution in [2.75, 3.05) is 23.8 Å². The highest BCUT2D eigenvalue weighted by Crippen LogP contribution is 2.36. The number of hydrogen-bond acceptors (Lipinski definition) is 8. The number of carbonyl (C=O) groups is 3. The number of amides is 3. The Balaban J connectivity index is 1.85. The highest BCUT2D eigenvalue weighted by molar-refractivity contribution is 7.09. The number of phenols is 1. The third-order valence-electron chi connectivity index (χ3n) is 6.45. The van der Waals surface area contributed by atoms with Crippen molar-refractivity contribution in [1.82, 2.24) is 9.69 Å². The molecule has 1 fully saturated rings. The molecule has 0 saturated carbocycles. The number of benzene rings is 2. The molecule has 0 spiro atoms. The summed E-state index contributed by atoms with van der Waals surface area (Å²) in [7, 11) is 0. The second-order valence-electron chi connectivity index (χ2n) is 8.91. The summed E-state index contributed by atoms with van der Waals surface area (Å²) < 4.78 is 9.62. The Morgan fingerprint density at radius 1 is 1.22 bits per heavy atom. The number of nitrogens with two attached hydrogens (primary N) is 2. The Labute approximate surface area is 218 Å². The van der Waals surface area contributed by atoms with Gasteiger partial charge in [-0.3, -0.25) is 19.3 Å². The number of rotatable bonds is 8. The number of anilines is 2. The molecular formula is C26H29N5O5S. The van der Waals surface area contributed by atoms with Gasteiger partial charge in [0.05, 0.1) is 11.8 Å². The van der Waals surface area contributed by atoms with Crippen LogP contribution in [0.5, 0.6) is 5.75 Å². The average Bonchev–Trinajstić information content (AvgIpc) is 3.53. The molecule has 194 valence electrons. The monoisotopic (exact) mass is 523 g/mol. The first-order valence-electron chi connectivity index (χ1n) is 11.8. The number of nitrogens with zero attached hydrogens (tertiary/aromatic N) is 2. The zero-order valence-corrected chi connectivity index (χ0v) is 21.4. The lowest BCUT2D eigenvalue weighted by Gasteiger charge is -2.33. The van der Waals surface area contributed by atoms with Crippen LogP contribution in [0.15, 0.2) is 42.5 Å². The van der Waals surface area contributed by atoms with Gasteiger partial charge < -0.3 is 26.6 Å². The van der Waals surface area contributed by atoms with Gasteiger partial charge in [-0.1, -0.05) is 24.3 Å². The van der Waals surface area contributed by atoms with Gasteiger partial charge >= 0.3 is 0 Å². The third kappa shape index (κ3) is 5.42. The molecule has 0 bridgehead atoms. The van der Waals surface area contributed by atoms with Crippen molar-refractivity contribution in [3.05, 3.63) is 69.7 Å². The second kappa shape index (κ2) is 11.0. The molecule has 3 amide bonds. The minimum Gasteiger partial charge on any atom is -0.508 e. The molecule has 0 unspecified atom stereocenters. The summed E-state index contributed by atoms with van der Waals surface area (Å²) in [5.74, 6) is -1.88. The lowest BCUT2D eigenvalue weighted by atomic mass is 9.99. The summed E-state index contributed by atoms with van der Waals surface area (Å²) in [4.78, 5) is 41.0. The minimum atomic E-state index is -1.13. The van der Waals surface area contributed by atoms with E-state index in [1.54, 1.807) is 24.3 Å². The summed E-state index contributed by atoms with van der Waals surface area (Å²) in [6.45, 7) is 4.69. The van der Waals surface area contributed by atoms with Gasteiger partial charge in [0.15, 0.2) is 5.69 Å². The maximum atomic E-state index is 14.1. The van der Waals surface area contributed by atoms with E-state index in [1.807, 2.05) is 19.9 Å². The van der Waals surface area contributed by atoms with Gasteiger partial charge in [0, 0.05) is 18.8 Å². The van der Waals surface area contributed by atoms with Gasteiger partial charge in [0.1, 0.15) is 16.7 Å². The highest BCUT2D eigenvalue weighted by Gasteiger charge is 2.37. The molecule has 1 aliphatic heterocycles. The van der Waals surface area contributed by atoms with Gasteiger partial charge in [0.2, 0.25) is 5.91 Å². The normalized spacial score (nSPS) is 15.8. The summed E-state index contributed by atoms with van der Waals surface area (Å²) in [5.41, 5.74) is 13.8. The molecule has 1 aromatic heterocycles. The number of phenolic OH excluding ortho intramolecular Hbond substituents is 1. The molecule has 2 atom stereocenters. The van der Waals surface area contributed by atoms with Crippen molar-refractivity contribution in [2.24, 2.45) is 5.73 Å². The van der Waals surface area contributed by atoms with E-state index < -0.39 is 23.8 Å². The number of aromatic hydroxyl groups is 1. The molecule has 11 heteroatoms. The number of nitrogen functional groups attached to an aromatic ring is 1. The predicted octanol–water partition coefficient (Wildman–Crippen LogP) is 2.83. The largest absolute Gasteiger partial charge is 0.508 e. The predicted molar refractivity (Wildman–Crippen MR) is 141 cm³/mol. The summed E-state index contributed by atoms with van der Waals surface area (Å²) in [6.07, 6.45) is 1.64. The Morgan fingerprint density at radius 2 is 1.95 bits per heavy atom. The molecule has 0 aliphatic carbocycles.